The molecular weight excluding hydrogens is 318 g/mol. The normalized spacial score (nSPS) is 23.3. The number of thiophene rings is 1. The number of nitrogens with zero attached hydrogens (tertiary/aromatic N) is 1. The lowest BCUT2D eigenvalue weighted by Crippen LogP contribution is -2.39. The van der Waals surface area contributed by atoms with E-state index in [1.165, 1.54) is 17.4 Å². The van der Waals surface area contributed by atoms with Gasteiger partial charge in [-0.05, 0) is 39.2 Å². The molecule has 112 valence electrons. The Morgan fingerprint density at radius 2 is 2.15 bits per heavy atom. The summed E-state index contributed by atoms with van der Waals surface area (Å²) in [4.78, 5) is 15.6. The van der Waals surface area contributed by atoms with Crippen molar-refractivity contribution in [3.63, 3.8) is 0 Å². The van der Waals surface area contributed by atoms with Crippen molar-refractivity contribution in [3.05, 3.63) is 15.8 Å². The van der Waals surface area contributed by atoms with Gasteiger partial charge in [0.25, 0.3) is 15.0 Å². The minimum absolute atomic E-state index is 0.0485. The number of hydrogen-bond donors (Lipinski definition) is 0. The molecule has 0 spiro atoms. The van der Waals surface area contributed by atoms with Crippen molar-refractivity contribution in [2.24, 2.45) is 0 Å². The molecule has 2 atom stereocenters. The fraction of sp³-hybridized carbons (Fsp3) is 0.615. The van der Waals surface area contributed by atoms with Gasteiger partial charge < -0.3 is 4.90 Å². The number of likely N-dealkylation sites (tertiary alicyclic amines) is 1. The van der Waals surface area contributed by atoms with Crippen molar-refractivity contribution in [1.29, 1.82) is 0 Å². The second-order valence-electron chi connectivity index (χ2n) is 5.17. The Labute approximate surface area is 128 Å². The van der Waals surface area contributed by atoms with Crippen LogP contribution in [0.5, 0.6) is 0 Å². The number of aryl methyl sites for hydroxylation is 1. The van der Waals surface area contributed by atoms with Gasteiger partial charge in [0, 0.05) is 27.6 Å². The molecule has 0 saturated carbocycles. The number of halogens is 1. The quantitative estimate of drug-likeness (QED) is 0.796. The molecule has 2 rings (SSSR count). The number of hydrogen-bond acceptors (Lipinski definition) is 4. The maximum absolute atomic E-state index is 12.6. The van der Waals surface area contributed by atoms with Crippen LogP contribution in [-0.2, 0) is 9.05 Å². The summed E-state index contributed by atoms with van der Waals surface area (Å²) in [6.45, 7) is 5.77. The van der Waals surface area contributed by atoms with Crippen LogP contribution in [0, 0.1) is 6.92 Å². The summed E-state index contributed by atoms with van der Waals surface area (Å²) in [7, 11) is 1.59. The van der Waals surface area contributed by atoms with Gasteiger partial charge in [0.05, 0.1) is 9.77 Å². The Bertz CT molecular complexity index is 624. The molecule has 4 nitrogen and oxygen atoms in total. The summed E-state index contributed by atoms with van der Waals surface area (Å²) in [5, 5.41) is 0. The van der Waals surface area contributed by atoms with Gasteiger partial charge >= 0.3 is 0 Å². The highest BCUT2D eigenvalue weighted by molar-refractivity contribution is 8.13. The maximum Gasteiger partial charge on any atom is 0.264 e. The van der Waals surface area contributed by atoms with Gasteiger partial charge in [-0.2, -0.15) is 0 Å². The van der Waals surface area contributed by atoms with E-state index >= 15 is 0 Å². The van der Waals surface area contributed by atoms with Crippen LogP contribution in [0.4, 0.5) is 0 Å². The molecule has 1 saturated heterocycles. The molecule has 1 fully saturated rings. The smallest absolute Gasteiger partial charge is 0.264 e. The van der Waals surface area contributed by atoms with E-state index in [1.807, 2.05) is 11.8 Å². The Morgan fingerprint density at radius 3 is 2.65 bits per heavy atom. The van der Waals surface area contributed by atoms with Crippen molar-refractivity contribution >= 4 is 37.0 Å². The molecule has 20 heavy (non-hydrogen) atoms. The molecular formula is C13H18ClNO3S2. The number of carbonyl (C=O) groups is 1. The third-order valence-electron chi connectivity index (χ3n) is 3.84. The largest absolute Gasteiger partial charge is 0.332 e. The molecule has 7 heteroatoms. The van der Waals surface area contributed by atoms with Gasteiger partial charge in [-0.1, -0.05) is 6.92 Å². The summed E-state index contributed by atoms with van der Waals surface area (Å²) in [6.07, 6.45) is 2.92. The van der Waals surface area contributed by atoms with Crippen molar-refractivity contribution in [2.75, 3.05) is 0 Å². The standard InChI is InChI=1S/C13H18ClNO3S2/c1-4-10-6-5-8(2)15(10)13(16)11-7-12(9(3)19-11)20(14,17)18/h7-8,10H,4-6H2,1-3H3. The SMILES string of the molecule is CCC1CCC(C)N1C(=O)c1cc(S(=O)(=O)Cl)c(C)s1. The maximum atomic E-state index is 12.6. The molecule has 0 aromatic carbocycles. The van der Waals surface area contributed by atoms with E-state index in [0.717, 1.165) is 19.3 Å². The Kier molecular flexibility index (Phi) is 4.47. The highest BCUT2D eigenvalue weighted by atomic mass is 35.7. The van der Waals surface area contributed by atoms with Gasteiger partial charge in [0.2, 0.25) is 0 Å². The summed E-state index contributed by atoms with van der Waals surface area (Å²) in [5.74, 6) is -0.0819. The first-order valence-electron chi connectivity index (χ1n) is 6.63. The van der Waals surface area contributed by atoms with E-state index in [9.17, 15) is 13.2 Å². The second kappa shape index (κ2) is 5.66. The molecule has 2 unspecified atom stereocenters. The first kappa shape index (κ1) is 15.8. The molecule has 1 aromatic heterocycles. The van der Waals surface area contributed by atoms with Crippen LogP contribution in [0.1, 0.15) is 47.7 Å². The van der Waals surface area contributed by atoms with Gasteiger partial charge in [0.1, 0.15) is 0 Å². The van der Waals surface area contributed by atoms with Gasteiger partial charge in [-0.15, -0.1) is 11.3 Å². The summed E-state index contributed by atoms with van der Waals surface area (Å²) in [5.41, 5.74) is 0. The highest BCUT2D eigenvalue weighted by Gasteiger charge is 2.35. The van der Waals surface area contributed by atoms with Crippen molar-refractivity contribution in [1.82, 2.24) is 4.90 Å². The summed E-state index contributed by atoms with van der Waals surface area (Å²) in [6, 6.07) is 1.85. The zero-order valence-electron chi connectivity index (χ0n) is 11.7. The second-order valence-corrected chi connectivity index (χ2v) is 8.96. The molecule has 0 radical (unpaired) electrons. The Morgan fingerprint density at radius 1 is 1.50 bits per heavy atom. The van der Waals surface area contributed by atoms with Crippen LogP contribution in [0.2, 0.25) is 0 Å². The number of amides is 1. The number of rotatable bonds is 3. The predicted octanol–water partition coefficient (Wildman–Crippen LogP) is 3.39. The van der Waals surface area contributed by atoms with Crippen LogP contribution in [-0.4, -0.2) is 31.3 Å². The van der Waals surface area contributed by atoms with Gasteiger partial charge in [-0.3, -0.25) is 4.79 Å². The van der Waals surface area contributed by atoms with E-state index in [0.29, 0.717) is 9.75 Å². The molecule has 0 bridgehead atoms. The molecule has 1 aromatic rings. The van der Waals surface area contributed by atoms with Crippen molar-refractivity contribution in [2.45, 2.75) is 57.0 Å². The highest BCUT2D eigenvalue weighted by Crippen LogP contribution is 2.33. The van der Waals surface area contributed by atoms with E-state index in [-0.39, 0.29) is 22.9 Å². The van der Waals surface area contributed by atoms with Crippen LogP contribution < -0.4 is 0 Å². The Balaban J connectivity index is 2.35. The van der Waals surface area contributed by atoms with Crippen LogP contribution in [0.15, 0.2) is 11.0 Å². The third-order valence-corrected chi connectivity index (χ3v) is 6.45. The summed E-state index contributed by atoms with van der Waals surface area (Å²) < 4.78 is 22.9. The van der Waals surface area contributed by atoms with E-state index in [2.05, 4.69) is 6.92 Å². The molecule has 0 N–H and O–H groups in total. The minimum atomic E-state index is -3.79. The first-order valence-corrected chi connectivity index (χ1v) is 9.76. The topological polar surface area (TPSA) is 54.5 Å². The third kappa shape index (κ3) is 2.87. The Hall–Kier alpha value is -0.590. The van der Waals surface area contributed by atoms with Crippen molar-refractivity contribution in [3.8, 4) is 0 Å². The van der Waals surface area contributed by atoms with Crippen LogP contribution in [0.25, 0.3) is 0 Å². The van der Waals surface area contributed by atoms with Crippen molar-refractivity contribution < 1.29 is 13.2 Å². The predicted molar refractivity (Wildman–Crippen MR) is 81.0 cm³/mol. The monoisotopic (exact) mass is 335 g/mol. The molecule has 1 aliphatic rings. The average Bonchev–Trinajstić information content (AvgIpc) is 2.91. The van der Waals surface area contributed by atoms with Gasteiger partial charge in [-0.25, -0.2) is 8.42 Å². The fourth-order valence-corrected chi connectivity index (χ4v) is 5.39. The summed E-state index contributed by atoms with van der Waals surface area (Å²) >= 11 is 1.20. The average molecular weight is 336 g/mol. The lowest BCUT2D eigenvalue weighted by molar-refractivity contribution is 0.0681. The minimum Gasteiger partial charge on any atom is -0.332 e. The number of carbonyl (C=O) groups excluding carboxylic acids is 1. The van der Waals surface area contributed by atoms with E-state index < -0.39 is 9.05 Å². The van der Waals surface area contributed by atoms with Gasteiger partial charge in [0.15, 0.2) is 0 Å². The first-order chi connectivity index (χ1) is 9.25. The van der Waals surface area contributed by atoms with Crippen LogP contribution >= 0.6 is 22.0 Å². The molecule has 1 amide bonds. The van der Waals surface area contributed by atoms with Crippen LogP contribution in [0.3, 0.4) is 0 Å². The van der Waals surface area contributed by atoms with E-state index in [4.69, 9.17) is 10.7 Å². The zero-order valence-corrected chi connectivity index (χ0v) is 14.1. The molecule has 2 heterocycles. The molecule has 1 aliphatic heterocycles. The lowest BCUT2D eigenvalue weighted by atomic mass is 10.1. The van der Waals surface area contributed by atoms with E-state index in [1.54, 1.807) is 6.92 Å². The fourth-order valence-electron chi connectivity index (χ4n) is 2.78. The lowest BCUT2D eigenvalue weighted by Gasteiger charge is -2.27. The zero-order chi connectivity index (χ0) is 15.1. The molecule has 0 aliphatic carbocycles.